The predicted octanol–water partition coefficient (Wildman–Crippen LogP) is 2.50. The van der Waals surface area contributed by atoms with Gasteiger partial charge >= 0.3 is 0 Å². The van der Waals surface area contributed by atoms with Crippen LogP contribution < -0.4 is 10.9 Å². The zero-order valence-electron chi connectivity index (χ0n) is 16.2. The van der Waals surface area contributed by atoms with Gasteiger partial charge in [-0.15, -0.1) is 0 Å². The van der Waals surface area contributed by atoms with Crippen LogP contribution in [0.1, 0.15) is 31.2 Å². The highest BCUT2D eigenvalue weighted by molar-refractivity contribution is 7.89. The van der Waals surface area contributed by atoms with E-state index in [4.69, 9.17) is 0 Å². The Balaban J connectivity index is 1.78. The number of carbonyl (C=O) groups excluding carboxylic acids is 1. The van der Waals surface area contributed by atoms with Crippen molar-refractivity contribution < 1.29 is 17.6 Å². The van der Waals surface area contributed by atoms with Gasteiger partial charge in [0, 0.05) is 31.0 Å². The van der Waals surface area contributed by atoms with E-state index in [1.807, 2.05) is 0 Å². The molecule has 1 aliphatic heterocycles. The van der Waals surface area contributed by atoms with Crippen molar-refractivity contribution in [3.63, 3.8) is 0 Å². The van der Waals surface area contributed by atoms with Crippen LogP contribution in [0, 0.1) is 12.7 Å². The van der Waals surface area contributed by atoms with Crippen LogP contribution in [0.2, 0.25) is 0 Å². The summed E-state index contributed by atoms with van der Waals surface area (Å²) in [4.78, 5) is 24.4. The minimum atomic E-state index is -3.74. The molecule has 3 rings (SSSR count). The number of aryl methyl sites for hydroxylation is 1. The number of hydrogen-bond acceptors (Lipinski definition) is 4. The van der Waals surface area contributed by atoms with Gasteiger partial charge in [0.15, 0.2) is 0 Å². The highest BCUT2D eigenvalue weighted by atomic mass is 32.2. The Labute approximate surface area is 169 Å². The monoisotopic (exact) mass is 421 g/mol. The maximum Gasteiger partial charge on any atom is 0.251 e. The molecule has 0 radical (unpaired) electrons. The van der Waals surface area contributed by atoms with Crippen LogP contribution >= 0.6 is 0 Å². The third-order valence-corrected chi connectivity index (χ3v) is 6.81. The molecule has 1 aliphatic rings. The topological polar surface area (TPSA) is 88.5 Å². The zero-order valence-corrected chi connectivity index (χ0v) is 17.0. The molecule has 0 unspecified atom stereocenters. The van der Waals surface area contributed by atoms with E-state index >= 15 is 0 Å². The maximum atomic E-state index is 13.6. The molecule has 7 nitrogen and oxygen atoms in total. The van der Waals surface area contributed by atoms with Crippen molar-refractivity contribution in [1.29, 1.82) is 0 Å². The number of carbonyl (C=O) groups is 1. The molecule has 2 heterocycles. The average molecular weight is 421 g/mol. The lowest BCUT2D eigenvalue weighted by atomic mass is 10.2. The SMILES string of the molecule is Cc1ccc(NC(=O)Cn2cc(S(=O)(=O)N3CCCCCC3)ccc2=O)cc1F. The second kappa shape index (κ2) is 8.87. The molecular weight excluding hydrogens is 397 g/mol. The molecule has 9 heteroatoms. The van der Waals surface area contributed by atoms with E-state index in [-0.39, 0.29) is 17.1 Å². The van der Waals surface area contributed by atoms with Crippen LogP contribution in [0.4, 0.5) is 10.1 Å². The van der Waals surface area contributed by atoms with Crippen molar-refractivity contribution in [3.8, 4) is 0 Å². The fourth-order valence-electron chi connectivity index (χ4n) is 3.24. The van der Waals surface area contributed by atoms with E-state index in [1.54, 1.807) is 13.0 Å². The molecule has 1 saturated heterocycles. The van der Waals surface area contributed by atoms with Crippen LogP contribution in [0.5, 0.6) is 0 Å². The van der Waals surface area contributed by atoms with Crippen molar-refractivity contribution in [2.45, 2.75) is 44.0 Å². The Morgan fingerprint density at radius 3 is 2.45 bits per heavy atom. The summed E-state index contributed by atoms with van der Waals surface area (Å²) in [6.07, 6.45) is 4.78. The molecule has 0 saturated carbocycles. The molecule has 0 atom stereocenters. The fourth-order valence-corrected chi connectivity index (χ4v) is 4.78. The maximum absolute atomic E-state index is 13.6. The summed E-state index contributed by atoms with van der Waals surface area (Å²) in [5.41, 5.74) is 0.218. The number of amides is 1. The third kappa shape index (κ3) is 5.10. The summed E-state index contributed by atoms with van der Waals surface area (Å²) >= 11 is 0. The van der Waals surface area contributed by atoms with Crippen molar-refractivity contribution >= 4 is 21.6 Å². The molecular formula is C20H24FN3O4S. The van der Waals surface area contributed by atoms with Gasteiger partial charge < -0.3 is 9.88 Å². The van der Waals surface area contributed by atoms with Gasteiger partial charge in [-0.2, -0.15) is 4.31 Å². The number of sulfonamides is 1. The molecule has 1 amide bonds. The molecule has 0 spiro atoms. The molecule has 1 aromatic carbocycles. The smallest absolute Gasteiger partial charge is 0.251 e. The van der Waals surface area contributed by atoms with Crippen LogP contribution in [0.3, 0.4) is 0 Å². The largest absolute Gasteiger partial charge is 0.324 e. The van der Waals surface area contributed by atoms with E-state index in [1.165, 1.54) is 28.7 Å². The number of hydrogen-bond donors (Lipinski definition) is 1. The molecule has 1 aromatic heterocycles. The van der Waals surface area contributed by atoms with Gasteiger partial charge in [-0.3, -0.25) is 9.59 Å². The van der Waals surface area contributed by atoms with Crippen molar-refractivity contribution in [3.05, 3.63) is 58.3 Å². The molecule has 29 heavy (non-hydrogen) atoms. The summed E-state index contributed by atoms with van der Waals surface area (Å²) < 4.78 is 41.9. The lowest BCUT2D eigenvalue weighted by Gasteiger charge is -2.20. The van der Waals surface area contributed by atoms with Crippen LogP contribution in [0.25, 0.3) is 0 Å². The second-order valence-electron chi connectivity index (χ2n) is 7.16. The first kappa shape index (κ1) is 21.2. The van der Waals surface area contributed by atoms with Gasteiger partial charge in [0.2, 0.25) is 15.9 Å². The number of benzene rings is 1. The van der Waals surface area contributed by atoms with E-state index in [2.05, 4.69) is 5.32 Å². The van der Waals surface area contributed by atoms with Crippen LogP contribution in [0.15, 0.2) is 46.2 Å². The molecule has 1 N–H and O–H groups in total. The Morgan fingerprint density at radius 2 is 1.79 bits per heavy atom. The predicted molar refractivity (Wildman–Crippen MR) is 108 cm³/mol. The number of nitrogens with zero attached hydrogens (tertiary/aromatic N) is 2. The summed E-state index contributed by atoms with van der Waals surface area (Å²) in [5.74, 6) is -1.01. The van der Waals surface area contributed by atoms with Crippen molar-refractivity contribution in [2.75, 3.05) is 18.4 Å². The van der Waals surface area contributed by atoms with E-state index in [9.17, 15) is 22.4 Å². The first-order chi connectivity index (χ1) is 13.8. The van der Waals surface area contributed by atoms with Gasteiger partial charge in [0.1, 0.15) is 12.4 Å². The van der Waals surface area contributed by atoms with Gasteiger partial charge in [-0.05, 0) is 43.5 Å². The Morgan fingerprint density at radius 1 is 1.10 bits per heavy atom. The molecule has 2 aromatic rings. The molecule has 0 aliphatic carbocycles. The van der Waals surface area contributed by atoms with Gasteiger partial charge in [-0.1, -0.05) is 18.9 Å². The number of pyridine rings is 1. The minimum Gasteiger partial charge on any atom is -0.324 e. The van der Waals surface area contributed by atoms with Crippen molar-refractivity contribution in [2.24, 2.45) is 0 Å². The Bertz CT molecular complexity index is 1060. The number of aromatic nitrogens is 1. The van der Waals surface area contributed by atoms with Gasteiger partial charge in [-0.25, -0.2) is 12.8 Å². The highest BCUT2D eigenvalue weighted by Gasteiger charge is 2.26. The second-order valence-corrected chi connectivity index (χ2v) is 9.10. The van der Waals surface area contributed by atoms with Crippen LogP contribution in [-0.4, -0.2) is 36.3 Å². The summed E-state index contributed by atoms with van der Waals surface area (Å²) in [6, 6.07) is 6.69. The number of anilines is 1. The van der Waals surface area contributed by atoms with Gasteiger partial charge in [0.05, 0.1) is 4.90 Å². The number of halogens is 1. The van der Waals surface area contributed by atoms with Crippen molar-refractivity contribution in [1.82, 2.24) is 8.87 Å². The lowest BCUT2D eigenvalue weighted by molar-refractivity contribution is -0.116. The minimum absolute atomic E-state index is 0.0202. The summed E-state index contributed by atoms with van der Waals surface area (Å²) in [5, 5.41) is 2.52. The lowest BCUT2D eigenvalue weighted by Crippen LogP contribution is -2.33. The van der Waals surface area contributed by atoms with E-state index in [0.717, 1.165) is 36.3 Å². The molecule has 1 fully saturated rings. The molecule has 0 bridgehead atoms. The highest BCUT2D eigenvalue weighted by Crippen LogP contribution is 2.19. The Kier molecular flexibility index (Phi) is 6.49. The quantitative estimate of drug-likeness (QED) is 0.803. The standard InChI is InChI=1S/C20H24FN3O4S/c1-15-6-7-16(12-18(15)21)22-19(25)14-23-13-17(8-9-20(23)26)29(27,28)24-10-4-2-3-5-11-24/h6-9,12-13H,2-5,10-11,14H2,1H3,(H,22,25). The average Bonchev–Trinajstić information content (AvgIpc) is 2.96. The third-order valence-electron chi connectivity index (χ3n) is 4.93. The normalized spacial score (nSPS) is 15.7. The first-order valence-corrected chi connectivity index (χ1v) is 11.0. The zero-order chi connectivity index (χ0) is 21.0. The number of nitrogens with one attached hydrogen (secondary N) is 1. The first-order valence-electron chi connectivity index (χ1n) is 9.54. The fraction of sp³-hybridized carbons (Fsp3) is 0.400. The summed E-state index contributed by atoms with van der Waals surface area (Å²) in [6.45, 7) is 2.12. The Hall–Kier alpha value is -2.52. The molecule has 156 valence electrons. The van der Waals surface area contributed by atoms with Crippen LogP contribution in [-0.2, 0) is 21.4 Å². The number of rotatable bonds is 5. The van der Waals surface area contributed by atoms with E-state index < -0.39 is 27.3 Å². The van der Waals surface area contributed by atoms with Gasteiger partial charge in [0.25, 0.3) is 5.56 Å². The summed E-state index contributed by atoms with van der Waals surface area (Å²) in [7, 11) is -3.74. The van der Waals surface area contributed by atoms with E-state index in [0.29, 0.717) is 18.7 Å².